The molecule has 0 N–H and O–H groups in total. The first kappa shape index (κ1) is 12.5. The minimum absolute atomic E-state index is 0.0939. The van der Waals surface area contributed by atoms with Crippen LogP contribution in [0.25, 0.3) is 10.2 Å². The van der Waals surface area contributed by atoms with E-state index in [1.165, 1.54) is 18.9 Å². The fraction of sp³-hybridized carbons (Fsp3) is 0.533. The summed E-state index contributed by atoms with van der Waals surface area (Å²) in [4.78, 5) is 12.0. The fourth-order valence-electron chi connectivity index (χ4n) is 3.11. The molecule has 1 aliphatic carbocycles. The van der Waals surface area contributed by atoms with Gasteiger partial charge in [-0.1, -0.05) is 17.4 Å². The highest BCUT2D eigenvalue weighted by Crippen LogP contribution is 2.40. The molecule has 5 heteroatoms. The minimum Gasteiger partial charge on any atom is -0.373 e. The third kappa shape index (κ3) is 2.09. The van der Waals surface area contributed by atoms with Crippen molar-refractivity contribution in [2.24, 2.45) is 5.92 Å². The number of hydrogen-bond acceptors (Lipinski definition) is 3. The summed E-state index contributed by atoms with van der Waals surface area (Å²) in [6, 6.07) is 4.87. The molecule has 1 aromatic carbocycles. The summed E-state index contributed by atoms with van der Waals surface area (Å²) in [6.07, 6.45) is 5.14. The lowest BCUT2D eigenvalue weighted by atomic mass is 10.1. The number of nitrogens with zero attached hydrogens (tertiary/aromatic N) is 1. The highest BCUT2D eigenvalue weighted by atomic mass is 32.1. The predicted molar refractivity (Wildman–Crippen MR) is 76.7 cm³/mol. The molecular weight excluding hydrogens is 277 g/mol. The average Bonchev–Trinajstić information content (AvgIpc) is 3.10. The Hall–Kier alpha value is -1.20. The lowest BCUT2D eigenvalue weighted by molar-refractivity contribution is 0.0246. The Labute approximate surface area is 120 Å². The van der Waals surface area contributed by atoms with Gasteiger partial charge in [0.05, 0.1) is 29.0 Å². The Kier molecular flexibility index (Phi) is 2.93. The maximum Gasteiger partial charge on any atom is 0.308 e. The van der Waals surface area contributed by atoms with E-state index in [4.69, 9.17) is 4.74 Å². The van der Waals surface area contributed by atoms with Crippen molar-refractivity contribution >= 4 is 21.6 Å². The van der Waals surface area contributed by atoms with Gasteiger partial charge >= 0.3 is 4.87 Å². The number of hydrogen-bond donors (Lipinski definition) is 0. The molecule has 0 radical (unpaired) electrons. The summed E-state index contributed by atoms with van der Waals surface area (Å²) >= 11 is 0.985. The topological polar surface area (TPSA) is 31.2 Å². The Morgan fingerprint density at radius 2 is 2.15 bits per heavy atom. The molecule has 2 aromatic rings. The second-order valence-corrected chi connectivity index (χ2v) is 6.74. The van der Waals surface area contributed by atoms with Crippen LogP contribution in [0.15, 0.2) is 23.0 Å². The highest BCUT2D eigenvalue weighted by Gasteiger charge is 2.37. The van der Waals surface area contributed by atoms with Crippen LogP contribution in [-0.4, -0.2) is 16.8 Å². The monoisotopic (exact) mass is 293 g/mol. The van der Waals surface area contributed by atoms with Gasteiger partial charge in [-0.2, -0.15) is 0 Å². The molecule has 1 aromatic heterocycles. The summed E-state index contributed by atoms with van der Waals surface area (Å²) in [7, 11) is 0. The van der Waals surface area contributed by atoms with Crippen molar-refractivity contribution in [3.63, 3.8) is 0 Å². The van der Waals surface area contributed by atoms with Crippen LogP contribution in [0.2, 0.25) is 0 Å². The summed E-state index contributed by atoms with van der Waals surface area (Å²) < 4.78 is 21.9. The summed E-state index contributed by atoms with van der Waals surface area (Å²) in [5, 5.41) is 0. The molecule has 106 valence electrons. The van der Waals surface area contributed by atoms with E-state index < -0.39 is 0 Å². The zero-order valence-corrected chi connectivity index (χ0v) is 11.9. The van der Waals surface area contributed by atoms with Crippen LogP contribution in [0.1, 0.15) is 25.7 Å². The normalized spacial score (nSPS) is 26.4. The van der Waals surface area contributed by atoms with Crippen molar-refractivity contribution in [2.75, 3.05) is 0 Å². The van der Waals surface area contributed by atoms with Crippen molar-refractivity contribution in [2.45, 2.75) is 44.4 Å². The molecule has 2 atom stereocenters. The van der Waals surface area contributed by atoms with Crippen LogP contribution in [0.3, 0.4) is 0 Å². The Morgan fingerprint density at radius 1 is 1.30 bits per heavy atom. The van der Waals surface area contributed by atoms with Crippen molar-refractivity contribution < 1.29 is 9.13 Å². The molecule has 1 saturated carbocycles. The molecule has 4 rings (SSSR count). The molecule has 1 saturated heterocycles. The van der Waals surface area contributed by atoms with Gasteiger partial charge in [-0.3, -0.25) is 9.36 Å². The van der Waals surface area contributed by atoms with E-state index in [2.05, 4.69) is 0 Å². The molecule has 3 nitrogen and oxygen atoms in total. The zero-order chi connectivity index (χ0) is 13.7. The van der Waals surface area contributed by atoms with E-state index in [9.17, 15) is 9.18 Å². The van der Waals surface area contributed by atoms with Gasteiger partial charge in [-0.15, -0.1) is 0 Å². The Balaban J connectivity index is 1.61. The van der Waals surface area contributed by atoms with Crippen LogP contribution in [-0.2, 0) is 11.3 Å². The fourth-order valence-corrected chi connectivity index (χ4v) is 4.02. The van der Waals surface area contributed by atoms with Gasteiger partial charge in [0.1, 0.15) is 5.82 Å². The number of aromatic nitrogens is 1. The number of rotatable bonds is 3. The summed E-state index contributed by atoms with van der Waals surface area (Å²) in [5.74, 6) is 0.430. The number of thiazole rings is 1. The van der Waals surface area contributed by atoms with Crippen LogP contribution >= 0.6 is 11.3 Å². The van der Waals surface area contributed by atoms with E-state index in [0.717, 1.165) is 30.1 Å². The third-order valence-corrected chi connectivity index (χ3v) is 5.32. The van der Waals surface area contributed by atoms with Crippen molar-refractivity contribution in [3.8, 4) is 0 Å². The molecule has 0 amide bonds. The highest BCUT2D eigenvalue weighted by molar-refractivity contribution is 7.16. The molecule has 0 spiro atoms. The first-order valence-corrected chi connectivity index (χ1v) is 7.97. The molecule has 20 heavy (non-hydrogen) atoms. The van der Waals surface area contributed by atoms with E-state index in [-0.39, 0.29) is 16.8 Å². The maximum absolute atomic E-state index is 13.7. The molecule has 2 heterocycles. The quantitative estimate of drug-likeness (QED) is 0.870. The lowest BCUT2D eigenvalue weighted by Crippen LogP contribution is -2.23. The van der Waals surface area contributed by atoms with Gasteiger partial charge in [0.25, 0.3) is 0 Å². The summed E-state index contributed by atoms with van der Waals surface area (Å²) in [5.41, 5.74) is 0.693. The largest absolute Gasteiger partial charge is 0.373 e. The van der Waals surface area contributed by atoms with E-state index in [1.807, 2.05) is 6.07 Å². The Bertz CT molecular complexity index is 703. The van der Waals surface area contributed by atoms with Gasteiger partial charge in [0.2, 0.25) is 0 Å². The number of benzene rings is 1. The number of ether oxygens (including phenoxy) is 1. The SMILES string of the molecule is O=c1sc2c(F)cccc2n1CC1CCC(C2CC2)O1. The second-order valence-electron chi connectivity index (χ2n) is 5.78. The molecule has 0 bridgehead atoms. The smallest absolute Gasteiger partial charge is 0.308 e. The maximum atomic E-state index is 13.7. The lowest BCUT2D eigenvalue weighted by Gasteiger charge is -2.14. The van der Waals surface area contributed by atoms with Crippen LogP contribution in [0, 0.1) is 11.7 Å². The first-order chi connectivity index (χ1) is 9.72. The third-order valence-electron chi connectivity index (χ3n) is 4.32. The van der Waals surface area contributed by atoms with E-state index in [1.54, 1.807) is 10.6 Å². The average molecular weight is 293 g/mol. The van der Waals surface area contributed by atoms with Gasteiger partial charge < -0.3 is 4.74 Å². The molecule has 2 aliphatic rings. The van der Waals surface area contributed by atoms with Crippen LogP contribution in [0.5, 0.6) is 0 Å². The van der Waals surface area contributed by atoms with Crippen molar-refractivity contribution in [1.82, 2.24) is 4.57 Å². The van der Waals surface area contributed by atoms with E-state index >= 15 is 0 Å². The Morgan fingerprint density at radius 3 is 2.95 bits per heavy atom. The van der Waals surface area contributed by atoms with Gasteiger partial charge in [-0.25, -0.2) is 4.39 Å². The van der Waals surface area contributed by atoms with Gasteiger partial charge in [-0.05, 0) is 43.7 Å². The molecule has 1 aliphatic heterocycles. The standard InChI is InChI=1S/C15H16FNO2S/c16-11-2-1-3-12-14(11)20-15(18)17(12)8-10-6-7-13(19-10)9-4-5-9/h1-3,9-10,13H,4-8H2. The first-order valence-electron chi connectivity index (χ1n) is 7.15. The molecular formula is C15H16FNO2S. The minimum atomic E-state index is -0.313. The molecule has 2 fully saturated rings. The van der Waals surface area contributed by atoms with Gasteiger partial charge in [0, 0.05) is 0 Å². The number of fused-ring (bicyclic) bond motifs is 1. The van der Waals surface area contributed by atoms with Gasteiger partial charge in [0.15, 0.2) is 0 Å². The zero-order valence-electron chi connectivity index (χ0n) is 11.0. The second kappa shape index (κ2) is 4.67. The predicted octanol–water partition coefficient (Wildman–Crippen LogP) is 3.16. The van der Waals surface area contributed by atoms with Crippen molar-refractivity contribution in [1.29, 1.82) is 0 Å². The molecule has 2 unspecified atom stereocenters. The van der Waals surface area contributed by atoms with E-state index in [0.29, 0.717) is 22.9 Å². The van der Waals surface area contributed by atoms with Crippen LogP contribution < -0.4 is 4.87 Å². The van der Waals surface area contributed by atoms with Crippen molar-refractivity contribution in [3.05, 3.63) is 33.7 Å². The summed E-state index contributed by atoms with van der Waals surface area (Å²) in [6.45, 7) is 0.547. The number of halogens is 1. The van der Waals surface area contributed by atoms with Crippen LogP contribution in [0.4, 0.5) is 4.39 Å².